The topological polar surface area (TPSA) is 59.6 Å². The zero-order valence-electron chi connectivity index (χ0n) is 10.8. The highest BCUT2D eigenvalue weighted by atomic mass is 127. The molecule has 0 bridgehead atoms. The SMILES string of the molecule is C=CCNC(N)=NCc1ccc(C)cc1OC.I. The van der Waals surface area contributed by atoms with Crippen LogP contribution < -0.4 is 15.8 Å². The standard InChI is InChI=1S/C13H19N3O.HI/c1-4-7-15-13(14)16-9-11-6-5-10(2)8-12(11)17-3;/h4-6,8H,1,7,9H2,2-3H3,(H3,14,15,16);1H. The zero-order chi connectivity index (χ0) is 12.7. The lowest BCUT2D eigenvalue weighted by Gasteiger charge is -2.08. The molecule has 0 aliphatic rings. The summed E-state index contributed by atoms with van der Waals surface area (Å²) in [5.74, 6) is 1.25. The minimum atomic E-state index is 0. The van der Waals surface area contributed by atoms with Crippen molar-refractivity contribution in [3.05, 3.63) is 42.0 Å². The summed E-state index contributed by atoms with van der Waals surface area (Å²) in [6.45, 7) is 6.73. The normalized spacial score (nSPS) is 10.4. The molecule has 0 spiro atoms. The highest BCUT2D eigenvalue weighted by molar-refractivity contribution is 14.0. The van der Waals surface area contributed by atoms with Crippen molar-refractivity contribution in [2.24, 2.45) is 10.7 Å². The van der Waals surface area contributed by atoms with Gasteiger partial charge in [0.05, 0.1) is 13.7 Å². The summed E-state index contributed by atoms with van der Waals surface area (Å²) < 4.78 is 5.29. The van der Waals surface area contributed by atoms with Crippen molar-refractivity contribution in [2.45, 2.75) is 13.5 Å². The van der Waals surface area contributed by atoms with Gasteiger partial charge in [-0.3, -0.25) is 0 Å². The van der Waals surface area contributed by atoms with Crippen molar-refractivity contribution < 1.29 is 4.74 Å². The first-order chi connectivity index (χ1) is 8.17. The van der Waals surface area contributed by atoms with Crippen LogP contribution in [0.15, 0.2) is 35.8 Å². The van der Waals surface area contributed by atoms with Crippen molar-refractivity contribution >= 4 is 29.9 Å². The van der Waals surface area contributed by atoms with Gasteiger partial charge in [0.2, 0.25) is 0 Å². The molecule has 0 radical (unpaired) electrons. The molecule has 0 saturated carbocycles. The van der Waals surface area contributed by atoms with E-state index in [4.69, 9.17) is 10.5 Å². The van der Waals surface area contributed by atoms with Gasteiger partial charge in [0, 0.05) is 12.1 Å². The van der Waals surface area contributed by atoms with E-state index in [1.165, 1.54) is 0 Å². The fraction of sp³-hybridized carbons (Fsp3) is 0.308. The van der Waals surface area contributed by atoms with Gasteiger partial charge in [0.15, 0.2) is 5.96 Å². The summed E-state index contributed by atoms with van der Waals surface area (Å²) in [5.41, 5.74) is 7.85. The summed E-state index contributed by atoms with van der Waals surface area (Å²) in [6.07, 6.45) is 1.73. The van der Waals surface area contributed by atoms with Crippen molar-refractivity contribution in [3.63, 3.8) is 0 Å². The number of nitrogens with one attached hydrogen (secondary N) is 1. The average Bonchev–Trinajstić information content (AvgIpc) is 2.34. The summed E-state index contributed by atoms with van der Waals surface area (Å²) >= 11 is 0. The highest BCUT2D eigenvalue weighted by Crippen LogP contribution is 2.20. The summed E-state index contributed by atoms with van der Waals surface area (Å²) in [4.78, 5) is 4.23. The van der Waals surface area contributed by atoms with Crippen molar-refractivity contribution in [1.29, 1.82) is 0 Å². The number of hydrogen-bond acceptors (Lipinski definition) is 2. The molecule has 0 amide bonds. The van der Waals surface area contributed by atoms with E-state index in [1.54, 1.807) is 13.2 Å². The van der Waals surface area contributed by atoms with E-state index in [1.807, 2.05) is 25.1 Å². The Labute approximate surface area is 125 Å². The molecule has 100 valence electrons. The third-order valence-electron chi connectivity index (χ3n) is 2.29. The Morgan fingerprint density at radius 3 is 2.89 bits per heavy atom. The predicted molar refractivity (Wildman–Crippen MR) is 86.7 cm³/mol. The Morgan fingerprint density at radius 1 is 1.56 bits per heavy atom. The molecule has 0 aliphatic heterocycles. The van der Waals surface area contributed by atoms with E-state index < -0.39 is 0 Å². The minimum absolute atomic E-state index is 0. The lowest BCUT2D eigenvalue weighted by atomic mass is 10.1. The molecule has 18 heavy (non-hydrogen) atoms. The second-order valence-corrected chi connectivity index (χ2v) is 3.69. The summed E-state index contributed by atoms with van der Waals surface area (Å²) in [6, 6.07) is 6.01. The molecule has 0 aliphatic carbocycles. The number of ether oxygens (including phenoxy) is 1. The third-order valence-corrected chi connectivity index (χ3v) is 2.29. The molecule has 1 rings (SSSR count). The first kappa shape index (κ1) is 16.8. The smallest absolute Gasteiger partial charge is 0.189 e. The van der Waals surface area contributed by atoms with Gasteiger partial charge < -0.3 is 15.8 Å². The Morgan fingerprint density at radius 2 is 2.28 bits per heavy atom. The largest absolute Gasteiger partial charge is 0.496 e. The predicted octanol–water partition coefficient (Wildman–Crippen LogP) is 2.21. The van der Waals surface area contributed by atoms with Crippen LogP contribution >= 0.6 is 24.0 Å². The molecule has 4 nitrogen and oxygen atoms in total. The molecular weight excluding hydrogens is 341 g/mol. The van der Waals surface area contributed by atoms with Gasteiger partial charge in [-0.1, -0.05) is 18.2 Å². The summed E-state index contributed by atoms with van der Waals surface area (Å²) in [7, 11) is 1.65. The van der Waals surface area contributed by atoms with E-state index in [0.717, 1.165) is 16.9 Å². The molecule has 0 saturated heterocycles. The van der Waals surface area contributed by atoms with Crippen LogP contribution in [-0.4, -0.2) is 19.6 Å². The maximum atomic E-state index is 5.68. The number of aliphatic imine (C=N–C) groups is 1. The zero-order valence-corrected chi connectivity index (χ0v) is 13.1. The molecule has 3 N–H and O–H groups in total. The van der Waals surface area contributed by atoms with Crippen LogP contribution in [-0.2, 0) is 6.54 Å². The van der Waals surface area contributed by atoms with E-state index in [2.05, 4.69) is 16.9 Å². The molecule has 0 atom stereocenters. The molecule has 0 heterocycles. The van der Waals surface area contributed by atoms with Crippen LogP contribution in [0.4, 0.5) is 0 Å². The number of methoxy groups -OCH3 is 1. The van der Waals surface area contributed by atoms with E-state index >= 15 is 0 Å². The lowest BCUT2D eigenvalue weighted by Crippen LogP contribution is -2.31. The van der Waals surface area contributed by atoms with Gasteiger partial charge in [-0.2, -0.15) is 0 Å². The molecular formula is C13H20IN3O. The van der Waals surface area contributed by atoms with Gasteiger partial charge in [-0.05, 0) is 18.6 Å². The molecule has 0 unspecified atom stereocenters. The molecule has 0 fully saturated rings. The highest BCUT2D eigenvalue weighted by Gasteiger charge is 2.02. The number of aryl methyl sites for hydroxylation is 1. The average molecular weight is 361 g/mol. The maximum Gasteiger partial charge on any atom is 0.189 e. The Bertz CT molecular complexity index is 419. The van der Waals surface area contributed by atoms with E-state index in [0.29, 0.717) is 19.0 Å². The molecule has 0 aromatic heterocycles. The Balaban J connectivity index is 0.00000289. The van der Waals surface area contributed by atoms with Gasteiger partial charge in [0.25, 0.3) is 0 Å². The number of hydrogen-bond donors (Lipinski definition) is 2. The first-order valence-corrected chi connectivity index (χ1v) is 5.45. The number of benzene rings is 1. The Hall–Kier alpha value is -1.24. The van der Waals surface area contributed by atoms with Gasteiger partial charge >= 0.3 is 0 Å². The quantitative estimate of drug-likeness (QED) is 0.366. The lowest BCUT2D eigenvalue weighted by molar-refractivity contribution is 0.409. The third kappa shape index (κ3) is 5.39. The van der Waals surface area contributed by atoms with Crippen LogP contribution in [0.25, 0.3) is 0 Å². The second kappa shape index (κ2) is 8.79. The number of rotatable bonds is 5. The van der Waals surface area contributed by atoms with Crippen LogP contribution in [0, 0.1) is 6.92 Å². The van der Waals surface area contributed by atoms with Crippen LogP contribution in [0.1, 0.15) is 11.1 Å². The van der Waals surface area contributed by atoms with E-state index in [-0.39, 0.29) is 24.0 Å². The fourth-order valence-corrected chi connectivity index (χ4v) is 1.39. The van der Waals surface area contributed by atoms with Crippen molar-refractivity contribution in [2.75, 3.05) is 13.7 Å². The van der Waals surface area contributed by atoms with E-state index in [9.17, 15) is 0 Å². The van der Waals surface area contributed by atoms with Crippen molar-refractivity contribution in [3.8, 4) is 5.75 Å². The molecule has 5 heteroatoms. The number of guanidine groups is 1. The van der Waals surface area contributed by atoms with Gasteiger partial charge in [-0.15, -0.1) is 30.6 Å². The van der Waals surface area contributed by atoms with Crippen LogP contribution in [0.5, 0.6) is 5.75 Å². The minimum Gasteiger partial charge on any atom is -0.496 e. The van der Waals surface area contributed by atoms with Crippen LogP contribution in [0.3, 0.4) is 0 Å². The maximum absolute atomic E-state index is 5.68. The monoisotopic (exact) mass is 361 g/mol. The first-order valence-electron chi connectivity index (χ1n) is 5.45. The van der Waals surface area contributed by atoms with Crippen molar-refractivity contribution in [1.82, 2.24) is 5.32 Å². The fourth-order valence-electron chi connectivity index (χ4n) is 1.39. The number of nitrogens with two attached hydrogens (primary N) is 1. The molecule has 1 aromatic carbocycles. The molecule has 1 aromatic rings. The van der Waals surface area contributed by atoms with Gasteiger partial charge in [0.1, 0.15) is 5.75 Å². The Kier molecular flexibility index (Phi) is 8.19. The van der Waals surface area contributed by atoms with Crippen LogP contribution in [0.2, 0.25) is 0 Å². The number of nitrogens with zero attached hydrogens (tertiary/aromatic N) is 1. The second-order valence-electron chi connectivity index (χ2n) is 3.69. The number of halogens is 1. The summed E-state index contributed by atoms with van der Waals surface area (Å²) in [5, 5.41) is 2.92. The van der Waals surface area contributed by atoms with Gasteiger partial charge in [-0.25, -0.2) is 4.99 Å².